The van der Waals surface area contributed by atoms with Crippen LogP contribution in [0.4, 0.5) is 0 Å². The molecule has 0 spiro atoms. The number of carboxylic acids is 1. The molecule has 0 bridgehead atoms. The van der Waals surface area contributed by atoms with Crippen LogP contribution in [0.5, 0.6) is 0 Å². The Kier molecular flexibility index (Phi) is 3.39. The average molecular weight is 301 g/mol. The Hall–Kier alpha value is -2.33. The van der Waals surface area contributed by atoms with Crippen molar-refractivity contribution in [1.29, 1.82) is 0 Å². The number of hydrogen-bond acceptors (Lipinski definition) is 2. The smallest absolute Gasteiger partial charge is 0.310 e. The molecule has 1 aromatic carbocycles. The van der Waals surface area contributed by atoms with Crippen molar-refractivity contribution in [3.8, 4) is 11.3 Å². The third kappa shape index (κ3) is 2.62. The molecule has 0 aliphatic heterocycles. The Morgan fingerprint density at radius 1 is 1.19 bits per heavy atom. The summed E-state index contributed by atoms with van der Waals surface area (Å²) < 4.78 is 1.87. The van der Waals surface area contributed by atoms with Crippen LogP contribution < -0.4 is 0 Å². The number of carbonyl (C=O) groups is 1. The molecule has 2 aromatic heterocycles. The van der Waals surface area contributed by atoms with E-state index in [2.05, 4.69) is 4.98 Å². The highest BCUT2D eigenvalue weighted by Gasteiger charge is 2.13. The highest BCUT2D eigenvalue weighted by molar-refractivity contribution is 6.30. The van der Waals surface area contributed by atoms with Gasteiger partial charge in [-0.05, 0) is 24.6 Å². The van der Waals surface area contributed by atoms with Crippen LogP contribution in [0.1, 0.15) is 18.4 Å². The Morgan fingerprint density at radius 2 is 1.90 bits per heavy atom. The van der Waals surface area contributed by atoms with Gasteiger partial charge < -0.3 is 9.51 Å². The summed E-state index contributed by atoms with van der Waals surface area (Å²) >= 11 is 5.95. The van der Waals surface area contributed by atoms with E-state index in [9.17, 15) is 4.79 Å². The van der Waals surface area contributed by atoms with Crippen molar-refractivity contribution in [3.63, 3.8) is 0 Å². The van der Waals surface area contributed by atoms with Gasteiger partial charge in [0.2, 0.25) is 0 Å². The summed E-state index contributed by atoms with van der Waals surface area (Å²) in [5, 5.41) is 9.66. The van der Waals surface area contributed by atoms with Gasteiger partial charge in [-0.25, -0.2) is 4.98 Å². The van der Waals surface area contributed by atoms with Crippen LogP contribution in [-0.2, 0) is 4.79 Å². The number of fused-ring (bicyclic) bond motifs is 1. The van der Waals surface area contributed by atoms with E-state index in [-0.39, 0.29) is 0 Å². The number of pyridine rings is 1. The van der Waals surface area contributed by atoms with E-state index in [1.807, 2.05) is 40.9 Å². The zero-order chi connectivity index (χ0) is 15.0. The van der Waals surface area contributed by atoms with E-state index in [0.29, 0.717) is 5.02 Å². The van der Waals surface area contributed by atoms with Gasteiger partial charge >= 0.3 is 5.97 Å². The Morgan fingerprint density at radius 3 is 2.57 bits per heavy atom. The quantitative estimate of drug-likeness (QED) is 0.799. The van der Waals surface area contributed by atoms with E-state index in [4.69, 9.17) is 16.7 Å². The molecule has 3 aromatic rings. The minimum atomic E-state index is -0.829. The second kappa shape index (κ2) is 5.22. The van der Waals surface area contributed by atoms with Crippen LogP contribution in [-0.4, -0.2) is 20.5 Å². The van der Waals surface area contributed by atoms with Gasteiger partial charge in [0.25, 0.3) is 0 Å². The van der Waals surface area contributed by atoms with Crippen LogP contribution >= 0.6 is 11.6 Å². The van der Waals surface area contributed by atoms with Crippen molar-refractivity contribution >= 4 is 23.2 Å². The number of rotatable bonds is 3. The molecular formula is C16H13ClN2O2. The second-order valence-corrected chi connectivity index (χ2v) is 5.36. The first-order valence-corrected chi connectivity index (χ1v) is 6.90. The number of nitrogens with zero attached hydrogens (tertiary/aromatic N) is 2. The molecule has 3 rings (SSSR count). The summed E-state index contributed by atoms with van der Waals surface area (Å²) in [6, 6.07) is 11.1. The Bertz CT molecular complexity index is 809. The fourth-order valence-electron chi connectivity index (χ4n) is 2.19. The third-order valence-corrected chi connectivity index (χ3v) is 3.72. The molecular weight excluding hydrogens is 288 g/mol. The normalized spacial score (nSPS) is 12.5. The van der Waals surface area contributed by atoms with Crippen LogP contribution in [0.2, 0.25) is 5.02 Å². The maximum atomic E-state index is 11.0. The molecule has 2 heterocycles. The van der Waals surface area contributed by atoms with E-state index >= 15 is 0 Å². The van der Waals surface area contributed by atoms with Gasteiger partial charge in [-0.1, -0.05) is 35.9 Å². The minimum Gasteiger partial charge on any atom is -0.481 e. The van der Waals surface area contributed by atoms with Crippen LogP contribution in [0, 0.1) is 0 Å². The summed E-state index contributed by atoms with van der Waals surface area (Å²) in [5.74, 6) is -1.34. The molecule has 0 amide bonds. The number of halogens is 1. The molecule has 5 heteroatoms. The van der Waals surface area contributed by atoms with Gasteiger partial charge in [0.15, 0.2) is 0 Å². The third-order valence-electron chi connectivity index (χ3n) is 3.49. The molecule has 1 unspecified atom stereocenters. The Balaban J connectivity index is 1.97. The lowest BCUT2D eigenvalue weighted by Gasteiger charge is -2.06. The first-order chi connectivity index (χ1) is 10.0. The second-order valence-electron chi connectivity index (χ2n) is 4.92. The van der Waals surface area contributed by atoms with Crippen LogP contribution in [0.15, 0.2) is 48.8 Å². The van der Waals surface area contributed by atoms with Gasteiger partial charge in [-0.3, -0.25) is 4.79 Å². The number of benzene rings is 1. The molecule has 0 saturated heterocycles. The largest absolute Gasteiger partial charge is 0.481 e. The highest BCUT2D eigenvalue weighted by Crippen LogP contribution is 2.23. The summed E-state index contributed by atoms with van der Waals surface area (Å²) in [6.07, 6.45) is 3.70. The number of hydrogen-bond donors (Lipinski definition) is 1. The average Bonchev–Trinajstić information content (AvgIpc) is 2.89. The lowest BCUT2D eigenvalue weighted by molar-refractivity contribution is -0.138. The molecule has 21 heavy (non-hydrogen) atoms. The topological polar surface area (TPSA) is 54.6 Å². The maximum Gasteiger partial charge on any atom is 0.310 e. The number of carboxylic acid groups (broad SMARTS) is 1. The molecule has 4 nitrogen and oxygen atoms in total. The zero-order valence-electron chi connectivity index (χ0n) is 11.3. The molecule has 1 N–H and O–H groups in total. The Labute approximate surface area is 126 Å². The predicted molar refractivity (Wildman–Crippen MR) is 81.7 cm³/mol. The molecule has 106 valence electrons. The summed E-state index contributed by atoms with van der Waals surface area (Å²) in [5.41, 5.74) is 3.36. The lowest BCUT2D eigenvalue weighted by Crippen LogP contribution is -2.06. The zero-order valence-corrected chi connectivity index (χ0v) is 12.1. The highest BCUT2D eigenvalue weighted by atomic mass is 35.5. The SMILES string of the molecule is CC(C(=O)O)c1ccc(-c2cn3cc(Cl)ccc3n2)cc1. The van der Waals surface area contributed by atoms with E-state index in [1.54, 1.807) is 19.2 Å². The van der Waals surface area contributed by atoms with E-state index in [1.165, 1.54) is 0 Å². The van der Waals surface area contributed by atoms with Crippen LogP contribution in [0.25, 0.3) is 16.9 Å². The molecule has 0 saturated carbocycles. The van der Waals surface area contributed by atoms with Crippen molar-refractivity contribution in [2.24, 2.45) is 0 Å². The number of imidazole rings is 1. The van der Waals surface area contributed by atoms with Crippen molar-refractivity contribution in [2.45, 2.75) is 12.8 Å². The van der Waals surface area contributed by atoms with Crippen LogP contribution in [0.3, 0.4) is 0 Å². The molecule has 0 aliphatic carbocycles. The van der Waals surface area contributed by atoms with E-state index in [0.717, 1.165) is 22.5 Å². The van der Waals surface area contributed by atoms with Gasteiger partial charge in [0, 0.05) is 18.0 Å². The summed E-state index contributed by atoms with van der Waals surface area (Å²) in [6.45, 7) is 1.67. The molecule has 0 aliphatic rings. The lowest BCUT2D eigenvalue weighted by atomic mass is 9.99. The van der Waals surface area contributed by atoms with Gasteiger partial charge in [0.05, 0.1) is 16.6 Å². The van der Waals surface area contributed by atoms with Gasteiger partial charge in [-0.15, -0.1) is 0 Å². The van der Waals surface area contributed by atoms with Crippen molar-refractivity contribution < 1.29 is 9.90 Å². The first-order valence-electron chi connectivity index (χ1n) is 6.52. The number of aliphatic carboxylic acids is 1. The van der Waals surface area contributed by atoms with Crippen molar-refractivity contribution in [2.75, 3.05) is 0 Å². The predicted octanol–water partition coefficient (Wildman–Crippen LogP) is 3.84. The fraction of sp³-hybridized carbons (Fsp3) is 0.125. The van der Waals surface area contributed by atoms with Gasteiger partial charge in [0.1, 0.15) is 5.65 Å². The number of aromatic nitrogens is 2. The maximum absolute atomic E-state index is 11.0. The summed E-state index contributed by atoms with van der Waals surface area (Å²) in [7, 11) is 0. The van der Waals surface area contributed by atoms with E-state index < -0.39 is 11.9 Å². The fourth-order valence-corrected chi connectivity index (χ4v) is 2.36. The van der Waals surface area contributed by atoms with Crippen molar-refractivity contribution in [3.05, 3.63) is 59.4 Å². The monoisotopic (exact) mass is 300 g/mol. The summed E-state index contributed by atoms with van der Waals surface area (Å²) in [4.78, 5) is 15.5. The molecule has 1 atom stereocenters. The van der Waals surface area contributed by atoms with Crippen molar-refractivity contribution in [1.82, 2.24) is 9.38 Å². The molecule has 0 radical (unpaired) electrons. The molecule has 0 fully saturated rings. The standard InChI is InChI=1S/C16H13ClN2O2/c1-10(16(20)21)11-2-4-12(5-3-11)14-9-19-8-13(17)6-7-15(19)18-14/h2-10H,1H3,(H,20,21). The first kappa shape index (κ1) is 13.6. The van der Waals surface area contributed by atoms with Gasteiger partial charge in [-0.2, -0.15) is 0 Å². The minimum absolute atomic E-state index is 0.515.